The third-order valence-corrected chi connectivity index (χ3v) is 4.66. The number of carbonyl (C=O) groups is 1. The van der Waals surface area contributed by atoms with Gasteiger partial charge in [-0.2, -0.15) is 0 Å². The first-order valence-electron chi connectivity index (χ1n) is 6.86. The maximum Gasteiger partial charge on any atom is 0.433 e. The van der Waals surface area contributed by atoms with Gasteiger partial charge in [0.15, 0.2) is 10.9 Å². The van der Waals surface area contributed by atoms with E-state index in [-0.39, 0.29) is 5.76 Å². The molecule has 0 spiro atoms. The zero-order chi connectivity index (χ0) is 18.0. The van der Waals surface area contributed by atoms with Crippen molar-refractivity contribution in [3.05, 3.63) is 72.9 Å². The minimum Gasteiger partial charge on any atom is -0.395 e. The lowest BCUT2D eigenvalue weighted by Gasteiger charge is -2.02. The molecule has 0 aliphatic heterocycles. The van der Waals surface area contributed by atoms with Gasteiger partial charge >= 0.3 is 5.88 Å². The predicted molar refractivity (Wildman–Crippen MR) is 94.7 cm³/mol. The van der Waals surface area contributed by atoms with Crippen molar-refractivity contribution in [1.82, 2.24) is 4.98 Å². The Bertz CT molecular complexity index is 954. The molecule has 0 radical (unpaired) electrons. The Morgan fingerprint density at radius 2 is 2.12 bits per heavy atom. The molecule has 1 amide bonds. The van der Waals surface area contributed by atoms with Gasteiger partial charge in [0.25, 0.3) is 5.91 Å². The van der Waals surface area contributed by atoms with Crippen molar-refractivity contribution >= 4 is 51.5 Å². The molecule has 3 aromatic rings. The van der Waals surface area contributed by atoms with Crippen LogP contribution in [0.15, 0.2) is 40.9 Å². The van der Waals surface area contributed by atoms with Crippen molar-refractivity contribution in [1.29, 1.82) is 0 Å². The molecule has 0 bridgehead atoms. The van der Waals surface area contributed by atoms with Crippen molar-refractivity contribution in [3.8, 4) is 0 Å². The van der Waals surface area contributed by atoms with Crippen molar-refractivity contribution < 1.29 is 14.1 Å². The van der Waals surface area contributed by atoms with Gasteiger partial charge in [0.1, 0.15) is 4.92 Å². The van der Waals surface area contributed by atoms with Crippen LogP contribution in [-0.4, -0.2) is 15.8 Å². The second-order valence-electron chi connectivity index (χ2n) is 4.89. The number of aromatic nitrogens is 1. The first-order valence-corrected chi connectivity index (χ1v) is 8.44. The maximum atomic E-state index is 12.0. The van der Waals surface area contributed by atoms with Crippen LogP contribution in [-0.2, 0) is 6.42 Å². The number of hydrogen-bond donors (Lipinski definition) is 1. The molecule has 0 atom stereocenters. The molecule has 0 fully saturated rings. The number of anilines is 1. The molecular formula is C15H9Cl2N3O4S. The van der Waals surface area contributed by atoms with Gasteiger partial charge in [-0.1, -0.05) is 23.2 Å². The third-order valence-electron chi connectivity index (χ3n) is 3.14. The van der Waals surface area contributed by atoms with E-state index in [1.54, 1.807) is 24.4 Å². The fourth-order valence-corrected chi connectivity index (χ4v) is 3.23. The summed E-state index contributed by atoms with van der Waals surface area (Å²) in [5, 5.41) is 14.6. The number of furan rings is 1. The molecule has 10 heteroatoms. The molecule has 2 heterocycles. The number of hydrogen-bond acceptors (Lipinski definition) is 6. The number of amides is 1. The highest BCUT2D eigenvalue weighted by atomic mass is 35.5. The highest BCUT2D eigenvalue weighted by molar-refractivity contribution is 7.15. The topological polar surface area (TPSA) is 98.3 Å². The highest BCUT2D eigenvalue weighted by Gasteiger charge is 2.18. The van der Waals surface area contributed by atoms with Crippen molar-refractivity contribution in [2.24, 2.45) is 0 Å². The van der Waals surface area contributed by atoms with Crippen LogP contribution < -0.4 is 5.32 Å². The van der Waals surface area contributed by atoms with E-state index in [1.807, 2.05) is 0 Å². The van der Waals surface area contributed by atoms with Crippen LogP contribution in [0.3, 0.4) is 0 Å². The van der Waals surface area contributed by atoms with Gasteiger partial charge in [0.05, 0.1) is 6.07 Å². The summed E-state index contributed by atoms with van der Waals surface area (Å²) in [5.41, 5.74) is 0.845. The molecule has 2 aromatic heterocycles. The van der Waals surface area contributed by atoms with Gasteiger partial charge in [0.2, 0.25) is 0 Å². The van der Waals surface area contributed by atoms with Gasteiger partial charge < -0.3 is 4.42 Å². The fourth-order valence-electron chi connectivity index (χ4n) is 2.02. The average Bonchev–Trinajstić information content (AvgIpc) is 3.20. The average molecular weight is 398 g/mol. The minimum atomic E-state index is -0.715. The normalized spacial score (nSPS) is 10.6. The Balaban J connectivity index is 1.69. The maximum absolute atomic E-state index is 12.0. The Hall–Kier alpha value is -2.42. The number of rotatable bonds is 5. The van der Waals surface area contributed by atoms with E-state index in [0.717, 1.165) is 16.5 Å². The van der Waals surface area contributed by atoms with Crippen molar-refractivity contribution in [2.75, 3.05) is 5.32 Å². The summed E-state index contributed by atoms with van der Waals surface area (Å²) in [6, 6.07) is 7.53. The van der Waals surface area contributed by atoms with E-state index < -0.39 is 16.7 Å². The van der Waals surface area contributed by atoms with Crippen LogP contribution >= 0.6 is 34.5 Å². The highest BCUT2D eigenvalue weighted by Crippen LogP contribution is 2.27. The Labute approximate surface area is 155 Å². The fraction of sp³-hybridized carbons (Fsp3) is 0.0667. The van der Waals surface area contributed by atoms with Crippen molar-refractivity contribution in [3.63, 3.8) is 0 Å². The zero-order valence-corrected chi connectivity index (χ0v) is 14.7. The van der Waals surface area contributed by atoms with Gasteiger partial charge in [-0.15, -0.1) is 11.3 Å². The van der Waals surface area contributed by atoms with Crippen LogP contribution in [0.25, 0.3) is 0 Å². The molecular weight excluding hydrogens is 389 g/mol. The lowest BCUT2D eigenvalue weighted by molar-refractivity contribution is -0.402. The van der Waals surface area contributed by atoms with Gasteiger partial charge in [-0.25, -0.2) is 4.98 Å². The first kappa shape index (κ1) is 17.4. The number of carbonyl (C=O) groups excluding carboxylic acids is 1. The van der Waals surface area contributed by atoms with Gasteiger partial charge in [-0.05, 0) is 29.8 Å². The molecule has 0 aliphatic rings. The second-order valence-corrected chi connectivity index (χ2v) is 6.85. The van der Waals surface area contributed by atoms with Crippen LogP contribution in [0, 0.1) is 10.1 Å². The Kier molecular flexibility index (Phi) is 5.03. The molecule has 0 saturated carbocycles. The van der Waals surface area contributed by atoms with E-state index >= 15 is 0 Å². The smallest absolute Gasteiger partial charge is 0.395 e. The van der Waals surface area contributed by atoms with Crippen LogP contribution in [0.5, 0.6) is 0 Å². The number of nitro groups is 1. The molecule has 7 nitrogen and oxygen atoms in total. The number of nitrogens with zero attached hydrogens (tertiary/aromatic N) is 2. The molecule has 128 valence electrons. The number of benzene rings is 1. The Morgan fingerprint density at radius 1 is 1.32 bits per heavy atom. The molecule has 0 saturated heterocycles. The van der Waals surface area contributed by atoms with Crippen LogP contribution in [0.4, 0.5) is 11.0 Å². The van der Waals surface area contributed by atoms with E-state index in [4.69, 9.17) is 27.6 Å². The van der Waals surface area contributed by atoms with E-state index in [0.29, 0.717) is 21.6 Å². The molecule has 25 heavy (non-hydrogen) atoms. The van der Waals surface area contributed by atoms with E-state index in [9.17, 15) is 14.9 Å². The predicted octanol–water partition coefficient (Wildman–Crippen LogP) is 4.79. The number of thiazole rings is 1. The lowest BCUT2D eigenvalue weighted by atomic mass is 10.1. The molecule has 1 N–H and O–H groups in total. The summed E-state index contributed by atoms with van der Waals surface area (Å²) in [4.78, 5) is 26.8. The minimum absolute atomic E-state index is 0.165. The second kappa shape index (κ2) is 7.22. The monoisotopic (exact) mass is 397 g/mol. The summed E-state index contributed by atoms with van der Waals surface area (Å²) in [6.07, 6.45) is 2.13. The lowest BCUT2D eigenvalue weighted by Crippen LogP contribution is -2.10. The summed E-state index contributed by atoms with van der Waals surface area (Å²) < 4.78 is 4.84. The standard InChI is InChI=1S/C15H9Cl2N3O4S/c16-9-1-2-11(17)8(5-9)6-10-7-18-15(25-10)19-14(21)12-3-4-13(24-12)20(22)23/h1-5,7H,6H2,(H,18,19,21). The van der Waals surface area contributed by atoms with Gasteiger partial charge in [0, 0.05) is 27.5 Å². The molecule has 0 aliphatic carbocycles. The zero-order valence-electron chi connectivity index (χ0n) is 12.4. The third kappa shape index (κ3) is 4.16. The summed E-state index contributed by atoms with van der Waals surface area (Å²) >= 11 is 13.4. The quantitative estimate of drug-likeness (QED) is 0.492. The number of nitrogens with one attached hydrogen (secondary N) is 1. The summed E-state index contributed by atoms with van der Waals surface area (Å²) in [5.74, 6) is -1.28. The molecule has 0 unspecified atom stereocenters. The number of halogens is 2. The van der Waals surface area contributed by atoms with E-state index in [1.165, 1.54) is 17.4 Å². The summed E-state index contributed by atoms with van der Waals surface area (Å²) in [6.45, 7) is 0. The SMILES string of the molecule is O=C(Nc1ncc(Cc2cc(Cl)ccc2Cl)s1)c1ccc([N+](=O)[O-])o1. The van der Waals surface area contributed by atoms with Gasteiger partial charge in [-0.3, -0.25) is 20.2 Å². The summed E-state index contributed by atoms with van der Waals surface area (Å²) in [7, 11) is 0. The largest absolute Gasteiger partial charge is 0.433 e. The molecule has 1 aromatic carbocycles. The van der Waals surface area contributed by atoms with E-state index in [2.05, 4.69) is 10.3 Å². The van der Waals surface area contributed by atoms with Crippen LogP contribution in [0.2, 0.25) is 10.0 Å². The first-order chi connectivity index (χ1) is 11.9. The van der Waals surface area contributed by atoms with Crippen molar-refractivity contribution in [2.45, 2.75) is 6.42 Å². The Morgan fingerprint density at radius 3 is 2.84 bits per heavy atom. The van der Waals surface area contributed by atoms with Crippen LogP contribution in [0.1, 0.15) is 21.0 Å². The molecule has 3 rings (SSSR count).